The zero-order valence-electron chi connectivity index (χ0n) is 18.7. The second-order valence-corrected chi connectivity index (χ2v) is 7.65. The second-order valence-electron chi connectivity index (χ2n) is 7.65. The number of amides is 2. The number of halogens is 2. The second kappa shape index (κ2) is 9.63. The van der Waals surface area contributed by atoms with Gasteiger partial charge in [0.1, 0.15) is 11.5 Å². The summed E-state index contributed by atoms with van der Waals surface area (Å²) in [7, 11) is 0. The molecule has 2 aromatic heterocycles. The van der Waals surface area contributed by atoms with Gasteiger partial charge in [-0.15, -0.1) is 5.10 Å². The first-order valence-electron chi connectivity index (χ1n) is 10.4. The first-order valence-corrected chi connectivity index (χ1v) is 10.4. The molecule has 2 heterocycles. The third kappa shape index (κ3) is 4.95. The molecule has 4 N–H and O–H groups in total. The molecule has 35 heavy (non-hydrogen) atoms. The highest BCUT2D eigenvalue weighted by Crippen LogP contribution is 2.30. The highest BCUT2D eigenvalue weighted by Gasteiger charge is 2.19. The Labute approximate surface area is 198 Å². The van der Waals surface area contributed by atoms with E-state index in [-0.39, 0.29) is 23.1 Å². The SMILES string of the molecule is CC(=O)C(C)NC(=O)Nc1ccc(-c2cnc(N)c(-c3nnnn3-c3cccc(F)c3F)c2)cc1. The highest BCUT2D eigenvalue weighted by atomic mass is 19.2. The molecule has 0 aliphatic heterocycles. The fourth-order valence-corrected chi connectivity index (χ4v) is 3.20. The molecular formula is C23H20F2N8O2. The minimum absolute atomic E-state index is 0.0795. The quantitative estimate of drug-likeness (QED) is 0.386. The van der Waals surface area contributed by atoms with Crippen molar-refractivity contribution in [3.05, 3.63) is 66.4 Å². The van der Waals surface area contributed by atoms with Crippen molar-refractivity contribution in [3.8, 4) is 28.2 Å². The number of aromatic nitrogens is 5. The number of carbonyl (C=O) groups excluding carboxylic acids is 2. The molecule has 0 aliphatic carbocycles. The number of nitrogens with zero attached hydrogens (tertiary/aromatic N) is 5. The summed E-state index contributed by atoms with van der Waals surface area (Å²) in [5.41, 5.74) is 8.07. The summed E-state index contributed by atoms with van der Waals surface area (Å²) in [6.07, 6.45) is 1.54. The van der Waals surface area contributed by atoms with Gasteiger partial charge in [0, 0.05) is 17.4 Å². The smallest absolute Gasteiger partial charge is 0.319 e. The fourth-order valence-electron chi connectivity index (χ4n) is 3.20. The average molecular weight is 478 g/mol. The van der Waals surface area contributed by atoms with E-state index in [0.29, 0.717) is 16.8 Å². The van der Waals surface area contributed by atoms with Crippen LogP contribution in [0, 0.1) is 11.6 Å². The Balaban J connectivity index is 1.61. The van der Waals surface area contributed by atoms with Gasteiger partial charge in [0.05, 0.1) is 11.6 Å². The van der Waals surface area contributed by atoms with Crippen molar-refractivity contribution in [2.24, 2.45) is 0 Å². The molecule has 2 aromatic carbocycles. The normalized spacial score (nSPS) is 11.7. The number of nitrogen functional groups attached to an aromatic ring is 1. The van der Waals surface area contributed by atoms with E-state index in [1.54, 1.807) is 43.5 Å². The van der Waals surface area contributed by atoms with Crippen LogP contribution in [-0.2, 0) is 4.79 Å². The predicted molar refractivity (Wildman–Crippen MR) is 124 cm³/mol. The number of anilines is 2. The molecule has 1 unspecified atom stereocenters. The number of rotatable bonds is 6. The lowest BCUT2D eigenvalue weighted by Gasteiger charge is -2.12. The van der Waals surface area contributed by atoms with Gasteiger partial charge in [-0.1, -0.05) is 18.2 Å². The van der Waals surface area contributed by atoms with E-state index in [9.17, 15) is 18.4 Å². The molecule has 0 radical (unpaired) electrons. The van der Waals surface area contributed by atoms with Crippen molar-refractivity contribution in [2.45, 2.75) is 19.9 Å². The minimum atomic E-state index is -1.10. The van der Waals surface area contributed by atoms with Gasteiger partial charge >= 0.3 is 6.03 Å². The molecule has 12 heteroatoms. The Morgan fingerprint density at radius 1 is 1.09 bits per heavy atom. The summed E-state index contributed by atoms with van der Waals surface area (Å²) in [6, 6.07) is 11.1. The summed E-state index contributed by atoms with van der Waals surface area (Å²) in [6.45, 7) is 2.98. The molecule has 10 nitrogen and oxygen atoms in total. The van der Waals surface area contributed by atoms with E-state index >= 15 is 0 Å². The van der Waals surface area contributed by atoms with Gasteiger partial charge in [-0.3, -0.25) is 4.79 Å². The lowest BCUT2D eigenvalue weighted by molar-refractivity contribution is -0.118. The van der Waals surface area contributed by atoms with E-state index in [1.807, 2.05) is 0 Å². The number of nitrogens with one attached hydrogen (secondary N) is 2. The minimum Gasteiger partial charge on any atom is -0.383 e. The molecule has 0 aliphatic rings. The van der Waals surface area contributed by atoms with Crippen LogP contribution >= 0.6 is 0 Å². The van der Waals surface area contributed by atoms with Crippen molar-refractivity contribution < 1.29 is 18.4 Å². The van der Waals surface area contributed by atoms with Gasteiger partial charge in [-0.2, -0.15) is 4.68 Å². The molecule has 178 valence electrons. The van der Waals surface area contributed by atoms with Gasteiger partial charge < -0.3 is 16.4 Å². The van der Waals surface area contributed by atoms with Crippen LogP contribution in [0.15, 0.2) is 54.7 Å². The lowest BCUT2D eigenvalue weighted by Crippen LogP contribution is -2.39. The topological polar surface area (TPSA) is 141 Å². The standard InChI is InChI=1S/C23H20F2N8O2/c1-12(13(2)34)28-23(35)29-16-8-6-14(7-9-16)15-10-17(21(26)27-11-15)22-30-31-32-33(22)19-5-3-4-18(24)20(19)25/h3-12H,1-2H3,(H2,26,27)(H2,28,29,35). The number of hydrogen-bond acceptors (Lipinski definition) is 7. The molecule has 0 bridgehead atoms. The number of pyridine rings is 1. The number of ketones is 1. The third-order valence-corrected chi connectivity index (χ3v) is 5.22. The monoisotopic (exact) mass is 478 g/mol. The van der Waals surface area contributed by atoms with Crippen LogP contribution in [-0.4, -0.2) is 43.0 Å². The lowest BCUT2D eigenvalue weighted by atomic mass is 10.0. The molecule has 0 spiro atoms. The van der Waals surface area contributed by atoms with Crippen LogP contribution in [0.1, 0.15) is 13.8 Å². The van der Waals surface area contributed by atoms with Crippen LogP contribution in [0.5, 0.6) is 0 Å². The summed E-state index contributed by atoms with van der Waals surface area (Å²) >= 11 is 0. The van der Waals surface area contributed by atoms with E-state index in [0.717, 1.165) is 16.3 Å². The van der Waals surface area contributed by atoms with E-state index in [2.05, 4.69) is 31.1 Å². The Morgan fingerprint density at radius 2 is 1.83 bits per heavy atom. The van der Waals surface area contributed by atoms with Gasteiger partial charge in [0.25, 0.3) is 0 Å². The number of urea groups is 1. The van der Waals surface area contributed by atoms with Gasteiger partial charge in [0.15, 0.2) is 23.2 Å². The van der Waals surface area contributed by atoms with E-state index < -0.39 is 23.7 Å². The Kier molecular flexibility index (Phi) is 6.44. The molecule has 0 fully saturated rings. The zero-order valence-corrected chi connectivity index (χ0v) is 18.7. The van der Waals surface area contributed by atoms with Gasteiger partial charge in [0.2, 0.25) is 0 Å². The molecular weight excluding hydrogens is 458 g/mol. The van der Waals surface area contributed by atoms with Crippen LogP contribution in [0.2, 0.25) is 0 Å². The molecule has 4 aromatic rings. The van der Waals surface area contributed by atoms with Crippen molar-refractivity contribution in [1.82, 2.24) is 30.5 Å². The molecule has 1 atom stereocenters. The highest BCUT2D eigenvalue weighted by molar-refractivity contribution is 5.93. The number of nitrogens with two attached hydrogens (primary N) is 1. The van der Waals surface area contributed by atoms with Crippen LogP contribution in [0.25, 0.3) is 28.2 Å². The van der Waals surface area contributed by atoms with Crippen molar-refractivity contribution in [3.63, 3.8) is 0 Å². The largest absolute Gasteiger partial charge is 0.383 e. The van der Waals surface area contributed by atoms with Gasteiger partial charge in [-0.05, 0) is 60.2 Å². The average Bonchev–Trinajstić information content (AvgIpc) is 3.31. The van der Waals surface area contributed by atoms with Gasteiger partial charge in [-0.25, -0.2) is 18.6 Å². The maximum atomic E-state index is 14.4. The van der Waals surface area contributed by atoms with E-state index in [1.165, 1.54) is 19.1 Å². The maximum absolute atomic E-state index is 14.4. The van der Waals surface area contributed by atoms with Crippen LogP contribution < -0.4 is 16.4 Å². The first-order chi connectivity index (χ1) is 16.7. The molecule has 2 amide bonds. The Hall–Kier alpha value is -4.74. The summed E-state index contributed by atoms with van der Waals surface area (Å²) in [5.74, 6) is -2.13. The van der Waals surface area contributed by atoms with Crippen LogP contribution in [0.4, 0.5) is 25.1 Å². The molecule has 0 saturated heterocycles. The Morgan fingerprint density at radius 3 is 2.54 bits per heavy atom. The van der Waals surface area contributed by atoms with Crippen molar-refractivity contribution in [1.29, 1.82) is 0 Å². The van der Waals surface area contributed by atoms with Crippen molar-refractivity contribution >= 4 is 23.3 Å². The maximum Gasteiger partial charge on any atom is 0.319 e. The molecule has 4 rings (SSSR count). The number of tetrazole rings is 1. The van der Waals surface area contributed by atoms with Crippen molar-refractivity contribution in [2.75, 3.05) is 11.1 Å². The summed E-state index contributed by atoms with van der Waals surface area (Å²) in [4.78, 5) is 27.5. The summed E-state index contributed by atoms with van der Waals surface area (Å²) in [5, 5.41) is 16.5. The summed E-state index contributed by atoms with van der Waals surface area (Å²) < 4.78 is 29.1. The number of benzene rings is 2. The number of hydrogen-bond donors (Lipinski definition) is 3. The Bertz CT molecular complexity index is 1410. The first kappa shape index (κ1) is 23.4. The zero-order chi connectivity index (χ0) is 25.1. The fraction of sp³-hybridized carbons (Fsp3) is 0.130. The molecule has 0 saturated carbocycles. The van der Waals surface area contributed by atoms with Crippen LogP contribution in [0.3, 0.4) is 0 Å². The van der Waals surface area contributed by atoms with E-state index in [4.69, 9.17) is 5.73 Å². The number of carbonyl (C=O) groups is 2. The number of Topliss-reactive ketones (excluding diaryl/α,β-unsaturated/α-hetero) is 1. The predicted octanol–water partition coefficient (Wildman–Crippen LogP) is 3.35. The third-order valence-electron chi connectivity index (χ3n) is 5.22.